The number of nitrogens with zero attached hydrogens (tertiary/aromatic N) is 4. The lowest BCUT2D eigenvalue weighted by molar-refractivity contribution is 1.19. The molecule has 9 rings (SSSR count). The Morgan fingerprint density at radius 2 is 1.04 bits per heavy atom. The molecule has 0 fully saturated rings. The Kier molecular flexibility index (Phi) is 5.87. The first-order valence-electron chi connectivity index (χ1n) is 18.5. The molecule has 0 spiro atoms. The normalized spacial score (nSPS) is 12.7. The molecule has 0 bridgehead atoms. The average molecular weight is 632 g/mol. The van der Waals surface area contributed by atoms with Gasteiger partial charge in [0, 0.05) is 33.8 Å². The number of rotatable bonds is 6. The van der Waals surface area contributed by atoms with Gasteiger partial charge in [0.2, 0.25) is 0 Å². The summed E-state index contributed by atoms with van der Waals surface area (Å²) in [5.74, 6) is 0.455. The first kappa shape index (κ1) is 23.6. The van der Waals surface area contributed by atoms with Crippen molar-refractivity contribution in [3.05, 3.63) is 182 Å². The third kappa shape index (κ3) is 5.35. The van der Waals surface area contributed by atoms with Crippen LogP contribution in [0.3, 0.4) is 0 Å². The molecular weight excluding hydrogens is 597 g/mol. The predicted octanol–water partition coefficient (Wildman–Crippen LogP) is 11.3. The van der Waals surface area contributed by atoms with Gasteiger partial charge in [0.1, 0.15) is 5.65 Å². The van der Waals surface area contributed by atoms with Crippen LogP contribution in [0.4, 0.5) is 0 Å². The second kappa shape index (κ2) is 12.2. The zero-order chi connectivity index (χ0) is 36.9. The van der Waals surface area contributed by atoms with Crippen molar-refractivity contribution in [1.82, 2.24) is 19.4 Å². The Hall–Kier alpha value is -6.65. The van der Waals surface area contributed by atoms with E-state index >= 15 is 0 Å². The molecule has 0 radical (unpaired) electrons. The van der Waals surface area contributed by atoms with Crippen LogP contribution in [0.2, 0.25) is 0 Å². The highest BCUT2D eigenvalue weighted by atomic mass is 15.0. The molecule has 0 unspecified atom stereocenters. The molecule has 0 aliphatic carbocycles. The molecule has 0 saturated heterocycles. The van der Waals surface area contributed by atoms with Gasteiger partial charge in [-0.05, 0) is 58.7 Å². The number of benzene rings is 6. The maximum absolute atomic E-state index is 8.82. The fourth-order valence-corrected chi connectivity index (χ4v) is 6.37. The Morgan fingerprint density at radius 3 is 1.82 bits per heavy atom. The standard InChI is InChI=1S/C45H30N4/c1-4-14-31(15-5-1)36-28-37(30-38(29-36)45-46-40-21-11-10-20-39(40)42(48-45)33-16-6-2-7-17-33)32-23-25-34(26-24-32)43-44(35-18-8-3-9-19-35)49-27-13-12-22-41(49)47-43/h1-30H/i1D,4D,5D,14D,15D. The van der Waals surface area contributed by atoms with E-state index < -0.39 is 18.1 Å². The van der Waals surface area contributed by atoms with E-state index in [2.05, 4.69) is 16.5 Å². The van der Waals surface area contributed by atoms with Gasteiger partial charge in [0.05, 0.1) is 29.5 Å². The van der Waals surface area contributed by atoms with Crippen LogP contribution in [0.5, 0.6) is 0 Å². The lowest BCUT2D eigenvalue weighted by Gasteiger charge is -2.13. The summed E-state index contributed by atoms with van der Waals surface area (Å²) in [4.78, 5) is 15.1. The highest BCUT2D eigenvalue weighted by Gasteiger charge is 2.17. The molecule has 3 heterocycles. The number of imidazole rings is 1. The van der Waals surface area contributed by atoms with Crippen LogP contribution in [0.25, 0.3) is 84.0 Å². The Morgan fingerprint density at radius 1 is 0.429 bits per heavy atom. The summed E-state index contributed by atoms with van der Waals surface area (Å²) < 4.78 is 44.8. The Balaban J connectivity index is 1.24. The van der Waals surface area contributed by atoms with Crippen LogP contribution in [0, 0.1) is 0 Å². The van der Waals surface area contributed by atoms with Crippen molar-refractivity contribution >= 4 is 16.6 Å². The second-order valence-corrected chi connectivity index (χ2v) is 11.8. The molecule has 4 heteroatoms. The fourth-order valence-electron chi connectivity index (χ4n) is 6.37. The number of pyridine rings is 1. The third-order valence-electron chi connectivity index (χ3n) is 8.70. The maximum atomic E-state index is 8.82. The van der Waals surface area contributed by atoms with Crippen molar-refractivity contribution in [1.29, 1.82) is 0 Å². The number of aromatic nitrogens is 4. The van der Waals surface area contributed by atoms with Gasteiger partial charge in [-0.25, -0.2) is 15.0 Å². The molecule has 0 amide bonds. The summed E-state index contributed by atoms with van der Waals surface area (Å²) in [5.41, 5.74) is 10.0. The van der Waals surface area contributed by atoms with Gasteiger partial charge in [-0.15, -0.1) is 0 Å². The number of hydrogen-bond donors (Lipinski definition) is 0. The van der Waals surface area contributed by atoms with E-state index in [-0.39, 0.29) is 17.6 Å². The van der Waals surface area contributed by atoms with Crippen LogP contribution in [-0.4, -0.2) is 19.4 Å². The second-order valence-electron chi connectivity index (χ2n) is 11.8. The highest BCUT2D eigenvalue weighted by molar-refractivity contribution is 5.94. The first-order valence-corrected chi connectivity index (χ1v) is 16.0. The smallest absolute Gasteiger partial charge is 0.160 e. The molecule has 49 heavy (non-hydrogen) atoms. The van der Waals surface area contributed by atoms with Gasteiger partial charge in [-0.3, -0.25) is 4.40 Å². The molecule has 0 N–H and O–H groups in total. The third-order valence-corrected chi connectivity index (χ3v) is 8.70. The summed E-state index contributed by atoms with van der Waals surface area (Å²) in [6.45, 7) is 0. The van der Waals surface area contributed by atoms with Crippen molar-refractivity contribution in [3.63, 3.8) is 0 Å². The van der Waals surface area contributed by atoms with Gasteiger partial charge in [-0.2, -0.15) is 0 Å². The van der Waals surface area contributed by atoms with Crippen molar-refractivity contribution in [2.75, 3.05) is 0 Å². The molecule has 230 valence electrons. The molecule has 6 aromatic carbocycles. The zero-order valence-corrected chi connectivity index (χ0v) is 26.2. The Labute approximate surface area is 291 Å². The molecular formula is C45H30N4. The van der Waals surface area contributed by atoms with Gasteiger partial charge in [0.25, 0.3) is 0 Å². The summed E-state index contributed by atoms with van der Waals surface area (Å²) in [6, 6.07) is 46.0. The van der Waals surface area contributed by atoms with E-state index in [1.54, 1.807) is 0 Å². The minimum absolute atomic E-state index is 0.113. The summed E-state index contributed by atoms with van der Waals surface area (Å²) in [6.07, 6.45) is 2.02. The van der Waals surface area contributed by atoms with Crippen molar-refractivity contribution in [2.45, 2.75) is 0 Å². The largest absolute Gasteiger partial charge is 0.299 e. The fraction of sp³-hybridized carbons (Fsp3) is 0. The SMILES string of the molecule is [2H]c1c([2H])c([2H])c(-c2cc(-c3ccc(-c4nc5ccccn5c4-c4ccccc4)cc3)cc(-c3nc(-c4ccccc4)c4ccccc4n3)c2)c([2H])c1[2H]. The van der Waals surface area contributed by atoms with Crippen molar-refractivity contribution < 1.29 is 6.85 Å². The maximum Gasteiger partial charge on any atom is 0.160 e. The summed E-state index contributed by atoms with van der Waals surface area (Å²) in [7, 11) is 0. The van der Waals surface area contributed by atoms with Crippen molar-refractivity contribution in [3.8, 4) is 67.4 Å². The van der Waals surface area contributed by atoms with Crippen LogP contribution in [0.1, 0.15) is 6.85 Å². The molecule has 0 aliphatic rings. The van der Waals surface area contributed by atoms with Crippen molar-refractivity contribution in [2.24, 2.45) is 0 Å². The first-order chi connectivity index (χ1) is 26.4. The van der Waals surface area contributed by atoms with Gasteiger partial charge >= 0.3 is 0 Å². The molecule has 0 saturated carbocycles. The molecule has 4 nitrogen and oxygen atoms in total. The van der Waals surface area contributed by atoms with Gasteiger partial charge in [0.15, 0.2) is 5.82 Å². The number of hydrogen-bond acceptors (Lipinski definition) is 3. The van der Waals surface area contributed by atoms with E-state index in [4.69, 9.17) is 21.8 Å². The van der Waals surface area contributed by atoms with Gasteiger partial charge < -0.3 is 0 Å². The minimum atomic E-state index is -0.437. The Bertz CT molecular complexity index is 2840. The summed E-state index contributed by atoms with van der Waals surface area (Å²) >= 11 is 0. The van der Waals surface area contributed by atoms with Crippen LogP contribution in [0.15, 0.2) is 182 Å². The zero-order valence-electron chi connectivity index (χ0n) is 31.2. The molecule has 3 aromatic heterocycles. The quantitative estimate of drug-likeness (QED) is 0.183. The lowest BCUT2D eigenvalue weighted by atomic mass is 9.94. The lowest BCUT2D eigenvalue weighted by Crippen LogP contribution is -1.96. The van der Waals surface area contributed by atoms with Gasteiger partial charge in [-0.1, -0.05) is 139 Å². The van der Waals surface area contributed by atoms with E-state index in [9.17, 15) is 0 Å². The number of fused-ring (bicyclic) bond motifs is 2. The molecule has 0 atom stereocenters. The summed E-state index contributed by atoms with van der Waals surface area (Å²) in [5, 5.41) is 0.909. The van der Waals surface area contributed by atoms with Crippen LogP contribution >= 0.6 is 0 Å². The highest BCUT2D eigenvalue weighted by Crippen LogP contribution is 2.37. The van der Waals surface area contributed by atoms with E-state index in [1.165, 1.54) is 0 Å². The van der Waals surface area contributed by atoms with E-state index in [0.717, 1.165) is 61.4 Å². The number of para-hydroxylation sites is 1. The monoisotopic (exact) mass is 631 g/mol. The van der Waals surface area contributed by atoms with E-state index in [1.807, 2.05) is 140 Å². The van der Waals surface area contributed by atoms with Crippen LogP contribution < -0.4 is 0 Å². The minimum Gasteiger partial charge on any atom is -0.299 e. The molecule has 9 aromatic rings. The van der Waals surface area contributed by atoms with E-state index in [0.29, 0.717) is 17.0 Å². The topological polar surface area (TPSA) is 43.1 Å². The average Bonchev–Trinajstić information content (AvgIpc) is 3.62. The van der Waals surface area contributed by atoms with Crippen LogP contribution in [-0.2, 0) is 0 Å². The molecule has 0 aliphatic heterocycles. The predicted molar refractivity (Wildman–Crippen MR) is 201 cm³/mol.